The molecule has 27 heavy (non-hydrogen) atoms. The molecule has 3 rings (SSSR count). The summed E-state index contributed by atoms with van der Waals surface area (Å²) in [5.41, 5.74) is 4.32. The van der Waals surface area contributed by atoms with Crippen molar-refractivity contribution in [3.63, 3.8) is 0 Å². The molecule has 0 aliphatic heterocycles. The molecule has 0 aliphatic rings. The fourth-order valence-electron chi connectivity index (χ4n) is 2.83. The van der Waals surface area contributed by atoms with Crippen LogP contribution in [0.15, 0.2) is 60.8 Å². The average molecular weight is 386 g/mol. The molecule has 1 aromatic heterocycles. The van der Waals surface area contributed by atoms with Gasteiger partial charge in [-0.25, -0.2) is 0 Å². The first-order valence-corrected chi connectivity index (χ1v) is 9.39. The summed E-state index contributed by atoms with van der Waals surface area (Å²) in [6.07, 6.45) is 2.08. The van der Waals surface area contributed by atoms with Crippen LogP contribution in [-0.4, -0.2) is 41.3 Å². The van der Waals surface area contributed by atoms with E-state index in [0.29, 0.717) is 31.3 Å². The lowest BCUT2D eigenvalue weighted by Crippen LogP contribution is -2.20. The van der Waals surface area contributed by atoms with E-state index in [1.54, 1.807) is 0 Å². The normalized spacial score (nSPS) is 11.0. The Hall–Kier alpha value is -2.18. The van der Waals surface area contributed by atoms with Crippen molar-refractivity contribution in [2.45, 2.75) is 13.1 Å². The van der Waals surface area contributed by atoms with Gasteiger partial charge in [0.15, 0.2) is 0 Å². The van der Waals surface area contributed by atoms with Gasteiger partial charge >= 0.3 is 0 Å². The average Bonchev–Trinajstić information content (AvgIpc) is 3.08. The number of hydrogen-bond acceptors (Lipinski definition) is 4. The van der Waals surface area contributed by atoms with Crippen molar-refractivity contribution >= 4 is 11.6 Å². The second-order valence-corrected chi connectivity index (χ2v) is 6.64. The Morgan fingerprint density at radius 3 is 2.56 bits per heavy atom. The molecule has 6 heteroatoms. The first kappa shape index (κ1) is 19.6. The van der Waals surface area contributed by atoms with Gasteiger partial charge in [-0.05, 0) is 17.7 Å². The van der Waals surface area contributed by atoms with E-state index in [9.17, 15) is 0 Å². The lowest BCUT2D eigenvalue weighted by Gasteiger charge is -2.06. The van der Waals surface area contributed by atoms with Crippen molar-refractivity contribution < 1.29 is 9.84 Å². The topological polar surface area (TPSA) is 59.3 Å². The molecule has 0 saturated carbocycles. The van der Waals surface area contributed by atoms with Crippen molar-refractivity contribution in [3.8, 4) is 11.3 Å². The number of benzene rings is 2. The fraction of sp³-hybridized carbons (Fsp3) is 0.286. The molecule has 5 nitrogen and oxygen atoms in total. The number of ether oxygens (including phenoxy) is 1. The third-order valence-electron chi connectivity index (χ3n) is 4.12. The van der Waals surface area contributed by atoms with E-state index in [4.69, 9.17) is 26.5 Å². The van der Waals surface area contributed by atoms with Crippen molar-refractivity contribution in [3.05, 3.63) is 76.9 Å². The Morgan fingerprint density at radius 2 is 1.81 bits per heavy atom. The van der Waals surface area contributed by atoms with Crippen molar-refractivity contribution in [2.24, 2.45) is 0 Å². The highest BCUT2D eigenvalue weighted by molar-refractivity contribution is 6.30. The highest BCUT2D eigenvalue weighted by Gasteiger charge is 2.11. The minimum Gasteiger partial charge on any atom is -0.394 e. The van der Waals surface area contributed by atoms with E-state index < -0.39 is 0 Å². The zero-order valence-corrected chi connectivity index (χ0v) is 15.9. The molecule has 0 aliphatic carbocycles. The van der Waals surface area contributed by atoms with Crippen LogP contribution in [0, 0.1) is 0 Å². The second-order valence-electron chi connectivity index (χ2n) is 6.21. The lowest BCUT2D eigenvalue weighted by molar-refractivity contribution is 0.0938. The molecule has 0 saturated heterocycles. The zero-order valence-electron chi connectivity index (χ0n) is 15.1. The van der Waals surface area contributed by atoms with Gasteiger partial charge in [-0.1, -0.05) is 54.1 Å². The molecule has 0 amide bonds. The molecule has 0 atom stereocenters. The number of aliphatic hydroxyl groups excluding tert-OH is 1. The monoisotopic (exact) mass is 385 g/mol. The predicted octanol–water partition coefficient (Wildman–Crippen LogP) is 3.35. The van der Waals surface area contributed by atoms with Gasteiger partial charge in [-0.15, -0.1) is 0 Å². The molecular weight excluding hydrogens is 362 g/mol. The summed E-state index contributed by atoms with van der Waals surface area (Å²) in [6, 6.07) is 18.0. The minimum atomic E-state index is 0.0486. The molecule has 2 aromatic carbocycles. The fourth-order valence-corrected chi connectivity index (χ4v) is 2.95. The predicted molar refractivity (Wildman–Crippen MR) is 108 cm³/mol. The molecular formula is C21H24ClN3O2. The Balaban J connectivity index is 1.73. The number of hydrogen-bond donors (Lipinski definition) is 2. The van der Waals surface area contributed by atoms with Crippen LogP contribution in [0.2, 0.25) is 5.02 Å². The Kier molecular flexibility index (Phi) is 7.42. The van der Waals surface area contributed by atoms with Gasteiger partial charge in [0.2, 0.25) is 0 Å². The van der Waals surface area contributed by atoms with Gasteiger partial charge in [0.1, 0.15) is 0 Å². The smallest absolute Gasteiger partial charge is 0.0968 e. The summed E-state index contributed by atoms with van der Waals surface area (Å²) in [6.45, 7) is 3.11. The Morgan fingerprint density at radius 1 is 1.04 bits per heavy atom. The van der Waals surface area contributed by atoms with E-state index in [1.165, 1.54) is 5.56 Å². The van der Waals surface area contributed by atoms with Gasteiger partial charge in [0, 0.05) is 35.4 Å². The molecule has 0 bridgehead atoms. The van der Waals surface area contributed by atoms with Crippen LogP contribution in [0.4, 0.5) is 0 Å². The number of aliphatic hydroxyl groups is 1. The van der Waals surface area contributed by atoms with Gasteiger partial charge in [0.05, 0.1) is 32.1 Å². The first-order valence-electron chi connectivity index (χ1n) is 9.02. The third-order valence-corrected chi connectivity index (χ3v) is 4.37. The summed E-state index contributed by atoms with van der Waals surface area (Å²) in [5, 5.41) is 17.6. The van der Waals surface area contributed by atoms with Gasteiger partial charge in [-0.2, -0.15) is 5.10 Å². The highest BCUT2D eigenvalue weighted by atomic mass is 35.5. The van der Waals surface area contributed by atoms with Crippen LogP contribution in [0.25, 0.3) is 11.3 Å². The summed E-state index contributed by atoms with van der Waals surface area (Å²) in [4.78, 5) is 0. The Bertz CT molecular complexity index is 819. The highest BCUT2D eigenvalue weighted by Crippen LogP contribution is 2.24. The lowest BCUT2D eigenvalue weighted by atomic mass is 10.1. The van der Waals surface area contributed by atoms with Gasteiger partial charge in [-0.3, -0.25) is 4.68 Å². The molecule has 0 unspecified atom stereocenters. The quantitative estimate of drug-likeness (QED) is 0.525. The number of aromatic nitrogens is 2. The van der Waals surface area contributed by atoms with Gasteiger partial charge in [0.25, 0.3) is 0 Å². The van der Waals surface area contributed by atoms with Crippen molar-refractivity contribution in [1.82, 2.24) is 15.1 Å². The van der Waals surface area contributed by atoms with Crippen molar-refractivity contribution in [1.29, 1.82) is 0 Å². The summed E-state index contributed by atoms with van der Waals surface area (Å²) >= 11 is 6.03. The maximum atomic E-state index is 8.74. The first-order chi connectivity index (χ1) is 13.3. The number of halogens is 1. The molecule has 0 fully saturated rings. The Labute approximate surface area is 164 Å². The second kappa shape index (κ2) is 10.2. The van der Waals surface area contributed by atoms with Crippen LogP contribution in [0.1, 0.15) is 11.1 Å². The maximum absolute atomic E-state index is 8.74. The minimum absolute atomic E-state index is 0.0486. The zero-order chi connectivity index (χ0) is 18.9. The SMILES string of the molecule is OCCOCCNCc1cn(Cc2ccccc2)nc1-c1ccc(Cl)cc1. The van der Waals surface area contributed by atoms with Crippen molar-refractivity contribution in [2.75, 3.05) is 26.4 Å². The van der Waals surface area contributed by atoms with E-state index in [1.807, 2.05) is 47.1 Å². The van der Waals surface area contributed by atoms with Crippen LogP contribution >= 0.6 is 11.6 Å². The number of nitrogens with one attached hydrogen (secondary N) is 1. The standard InChI is InChI=1S/C21H24ClN3O2/c22-20-8-6-18(7-9-20)21-19(14-23-10-12-27-13-11-26)16-25(24-21)15-17-4-2-1-3-5-17/h1-9,16,23,26H,10-15H2. The maximum Gasteiger partial charge on any atom is 0.0968 e. The third kappa shape index (κ3) is 5.91. The summed E-state index contributed by atoms with van der Waals surface area (Å²) in [5.74, 6) is 0. The summed E-state index contributed by atoms with van der Waals surface area (Å²) < 4.78 is 7.26. The van der Waals surface area contributed by atoms with Gasteiger partial charge < -0.3 is 15.2 Å². The molecule has 1 heterocycles. The number of nitrogens with zero attached hydrogens (tertiary/aromatic N) is 2. The van der Waals surface area contributed by atoms with E-state index in [2.05, 4.69) is 23.6 Å². The molecule has 142 valence electrons. The van der Waals surface area contributed by atoms with Crippen LogP contribution in [0.3, 0.4) is 0 Å². The van der Waals surface area contributed by atoms with Crippen LogP contribution in [-0.2, 0) is 17.8 Å². The largest absolute Gasteiger partial charge is 0.394 e. The summed E-state index contributed by atoms with van der Waals surface area (Å²) in [7, 11) is 0. The molecule has 3 aromatic rings. The van der Waals surface area contributed by atoms with E-state index in [0.717, 1.165) is 23.4 Å². The molecule has 0 spiro atoms. The van der Waals surface area contributed by atoms with E-state index in [-0.39, 0.29) is 6.61 Å². The van der Waals surface area contributed by atoms with E-state index >= 15 is 0 Å². The van der Waals surface area contributed by atoms with Crippen LogP contribution in [0.5, 0.6) is 0 Å². The van der Waals surface area contributed by atoms with Crippen LogP contribution < -0.4 is 5.32 Å². The molecule has 0 radical (unpaired) electrons. The number of rotatable bonds is 10. The molecule has 2 N–H and O–H groups in total.